The number of rotatable bonds is 9. The highest BCUT2D eigenvalue weighted by Gasteiger charge is 2.29. The van der Waals surface area contributed by atoms with Crippen molar-refractivity contribution in [1.82, 2.24) is 0 Å². The molecule has 2 aromatic rings. The summed E-state index contributed by atoms with van der Waals surface area (Å²) < 4.78 is 55.3. The smallest absolute Gasteiger partial charge is 0.341 e. The molecule has 6 heteroatoms. The molecule has 4 rings (SSSR count). The number of carbonyl (C=O) groups excluding carboxylic acids is 1. The lowest BCUT2D eigenvalue weighted by atomic mass is 9.79. The summed E-state index contributed by atoms with van der Waals surface area (Å²) in [6.45, 7) is 6.28. The first kappa shape index (κ1) is 27.3. The number of carbonyl (C=O) groups is 1. The van der Waals surface area contributed by atoms with E-state index in [4.69, 9.17) is 9.47 Å². The van der Waals surface area contributed by atoms with Gasteiger partial charge in [-0.2, -0.15) is 0 Å². The third kappa shape index (κ3) is 6.77. The molecule has 0 aromatic heterocycles. The van der Waals surface area contributed by atoms with Crippen molar-refractivity contribution in [2.24, 2.45) is 5.92 Å². The number of ether oxygens (including phenoxy) is 2. The number of hydrogen-bond acceptors (Lipinski definition) is 3. The van der Waals surface area contributed by atoms with Gasteiger partial charge in [0.05, 0.1) is 12.2 Å². The van der Waals surface area contributed by atoms with Crippen LogP contribution in [-0.2, 0) is 4.74 Å². The minimum Gasteiger partial charge on any atom is -0.491 e. The molecule has 2 aromatic carbocycles. The summed E-state index contributed by atoms with van der Waals surface area (Å²) in [5, 5.41) is 0. The highest BCUT2D eigenvalue weighted by Crippen LogP contribution is 2.38. The van der Waals surface area contributed by atoms with E-state index in [9.17, 15) is 18.0 Å². The van der Waals surface area contributed by atoms with Gasteiger partial charge >= 0.3 is 5.97 Å². The lowest BCUT2D eigenvalue weighted by molar-refractivity contribution is 0.0189. The Bertz CT molecular complexity index is 1080. The highest BCUT2D eigenvalue weighted by atomic mass is 19.2. The second-order valence-corrected chi connectivity index (χ2v) is 10.6. The molecular formula is C31H37F3O3. The van der Waals surface area contributed by atoms with Crippen molar-refractivity contribution < 1.29 is 27.4 Å². The molecule has 0 radical (unpaired) electrons. The largest absolute Gasteiger partial charge is 0.491 e. The second kappa shape index (κ2) is 12.7. The first-order chi connectivity index (χ1) is 17.9. The van der Waals surface area contributed by atoms with Crippen LogP contribution in [0, 0.1) is 23.4 Å². The topological polar surface area (TPSA) is 35.5 Å². The minimum atomic E-state index is -1.11. The molecule has 0 atom stereocenters. The average molecular weight is 515 g/mol. The summed E-state index contributed by atoms with van der Waals surface area (Å²) in [6.07, 6.45) is 9.30. The standard InChI is InChI=1S/C31H37F3O3/c1-3-4-5-18-36-28-17-12-23(19-27(28)32)21-10-13-24(14-11-21)37-31(35)26-16-15-25(29(33)30(26)34)22-8-6-20(2)7-9-22/h3,12,15-17,19-22,24H,1,4-11,13-14,18H2,2H3. The number of hydrogen-bond donors (Lipinski definition) is 0. The van der Waals surface area contributed by atoms with Crippen molar-refractivity contribution in [3.05, 3.63) is 77.1 Å². The number of halogens is 3. The second-order valence-electron chi connectivity index (χ2n) is 10.6. The van der Waals surface area contributed by atoms with Gasteiger partial charge in [-0.15, -0.1) is 6.58 Å². The van der Waals surface area contributed by atoms with E-state index in [2.05, 4.69) is 13.5 Å². The molecule has 0 aliphatic heterocycles. The minimum absolute atomic E-state index is 0.00577. The zero-order chi connectivity index (χ0) is 26.4. The number of allylic oxidation sites excluding steroid dienone is 1. The van der Waals surface area contributed by atoms with Gasteiger partial charge in [0.15, 0.2) is 23.2 Å². The molecule has 2 aliphatic carbocycles. The first-order valence-electron chi connectivity index (χ1n) is 13.6. The van der Waals surface area contributed by atoms with Crippen molar-refractivity contribution in [1.29, 1.82) is 0 Å². The number of esters is 1. The van der Waals surface area contributed by atoms with Crippen LogP contribution < -0.4 is 4.74 Å². The molecule has 0 unspecified atom stereocenters. The van der Waals surface area contributed by atoms with Gasteiger partial charge in [-0.3, -0.25) is 0 Å². The summed E-state index contributed by atoms with van der Waals surface area (Å²) >= 11 is 0. The van der Waals surface area contributed by atoms with Crippen LogP contribution in [-0.4, -0.2) is 18.7 Å². The van der Waals surface area contributed by atoms with E-state index in [1.807, 2.05) is 6.07 Å². The van der Waals surface area contributed by atoms with Gasteiger partial charge in [0.1, 0.15) is 6.10 Å². The maximum atomic E-state index is 14.9. The molecule has 2 saturated carbocycles. The van der Waals surface area contributed by atoms with Crippen LogP contribution in [0.3, 0.4) is 0 Å². The summed E-state index contributed by atoms with van der Waals surface area (Å²) in [7, 11) is 0. The first-order valence-corrected chi connectivity index (χ1v) is 13.6. The summed E-state index contributed by atoms with van der Waals surface area (Å²) in [5.41, 5.74) is 0.904. The molecule has 3 nitrogen and oxygen atoms in total. The van der Waals surface area contributed by atoms with Crippen molar-refractivity contribution >= 4 is 5.97 Å². The fourth-order valence-electron chi connectivity index (χ4n) is 5.64. The molecule has 0 spiro atoms. The molecule has 0 amide bonds. The summed E-state index contributed by atoms with van der Waals surface area (Å²) in [4.78, 5) is 12.7. The Hall–Kier alpha value is -2.76. The monoisotopic (exact) mass is 514 g/mol. The fraction of sp³-hybridized carbons (Fsp3) is 0.516. The van der Waals surface area contributed by atoms with Gasteiger partial charge in [0.25, 0.3) is 0 Å². The van der Waals surface area contributed by atoms with E-state index < -0.39 is 17.6 Å². The van der Waals surface area contributed by atoms with Gasteiger partial charge in [0.2, 0.25) is 0 Å². The van der Waals surface area contributed by atoms with E-state index in [0.717, 1.165) is 44.1 Å². The summed E-state index contributed by atoms with van der Waals surface area (Å²) in [6, 6.07) is 7.99. The molecule has 0 N–H and O–H groups in total. The summed E-state index contributed by atoms with van der Waals surface area (Å²) in [5.74, 6) is -2.25. The van der Waals surface area contributed by atoms with Crippen molar-refractivity contribution in [2.45, 2.75) is 89.1 Å². The Labute approximate surface area is 218 Å². The van der Waals surface area contributed by atoms with Gasteiger partial charge in [-0.05, 0) is 98.4 Å². The molecular weight excluding hydrogens is 477 g/mol. The van der Waals surface area contributed by atoms with Crippen LogP contribution in [0.5, 0.6) is 5.75 Å². The Morgan fingerprint density at radius 2 is 1.65 bits per heavy atom. The van der Waals surface area contributed by atoms with Gasteiger partial charge < -0.3 is 9.47 Å². The molecule has 0 saturated heterocycles. The van der Waals surface area contributed by atoms with E-state index in [1.54, 1.807) is 18.2 Å². The van der Waals surface area contributed by atoms with Gasteiger partial charge in [0, 0.05) is 0 Å². The van der Waals surface area contributed by atoms with Crippen LogP contribution in [0.2, 0.25) is 0 Å². The zero-order valence-corrected chi connectivity index (χ0v) is 21.6. The van der Waals surface area contributed by atoms with Crippen LogP contribution in [0.1, 0.15) is 104 Å². The molecule has 2 fully saturated rings. The Morgan fingerprint density at radius 1 is 0.946 bits per heavy atom. The fourth-order valence-corrected chi connectivity index (χ4v) is 5.64. The van der Waals surface area contributed by atoms with Crippen molar-refractivity contribution in [3.8, 4) is 5.75 Å². The Balaban J connectivity index is 1.30. The third-order valence-electron chi connectivity index (χ3n) is 7.97. The van der Waals surface area contributed by atoms with Crippen molar-refractivity contribution in [2.75, 3.05) is 6.61 Å². The van der Waals surface area contributed by atoms with E-state index >= 15 is 0 Å². The Kier molecular flexibility index (Phi) is 9.33. The predicted octanol–water partition coefficient (Wildman–Crippen LogP) is 8.63. The lowest BCUT2D eigenvalue weighted by Gasteiger charge is -2.29. The Morgan fingerprint density at radius 3 is 2.32 bits per heavy atom. The number of benzene rings is 2. The lowest BCUT2D eigenvalue weighted by Crippen LogP contribution is -2.25. The SMILES string of the molecule is C=CCCCOc1ccc(C2CCC(OC(=O)c3ccc(C4CCC(C)CC4)c(F)c3F)CC2)cc1F. The number of unbranched alkanes of at least 4 members (excludes halogenated alkanes) is 1. The van der Waals surface area contributed by atoms with Crippen LogP contribution in [0.4, 0.5) is 13.2 Å². The predicted molar refractivity (Wildman–Crippen MR) is 138 cm³/mol. The van der Waals surface area contributed by atoms with Crippen molar-refractivity contribution in [3.63, 3.8) is 0 Å². The zero-order valence-electron chi connectivity index (χ0n) is 21.6. The molecule has 37 heavy (non-hydrogen) atoms. The quantitative estimate of drug-likeness (QED) is 0.191. The molecule has 0 bridgehead atoms. The molecule has 2 aliphatic rings. The molecule has 200 valence electrons. The third-order valence-corrected chi connectivity index (χ3v) is 7.97. The van der Waals surface area contributed by atoms with Gasteiger partial charge in [-0.25, -0.2) is 18.0 Å². The van der Waals surface area contributed by atoms with E-state index in [-0.39, 0.29) is 35.1 Å². The maximum Gasteiger partial charge on any atom is 0.341 e. The molecule has 0 heterocycles. The van der Waals surface area contributed by atoms with E-state index in [1.165, 1.54) is 12.1 Å². The van der Waals surface area contributed by atoms with E-state index in [0.29, 0.717) is 43.8 Å². The van der Waals surface area contributed by atoms with Crippen LogP contribution >= 0.6 is 0 Å². The normalized spacial score (nSPS) is 23.9. The van der Waals surface area contributed by atoms with Crippen LogP contribution in [0.15, 0.2) is 43.0 Å². The average Bonchev–Trinajstić information content (AvgIpc) is 2.90. The maximum absolute atomic E-state index is 14.9. The highest BCUT2D eigenvalue weighted by molar-refractivity contribution is 5.90. The van der Waals surface area contributed by atoms with Crippen LogP contribution in [0.25, 0.3) is 0 Å². The van der Waals surface area contributed by atoms with Gasteiger partial charge in [-0.1, -0.05) is 38.0 Å².